The molecule has 2 heterocycles. The van der Waals surface area contributed by atoms with Gasteiger partial charge in [-0.05, 0) is 35.9 Å². The van der Waals surface area contributed by atoms with Gasteiger partial charge in [-0.25, -0.2) is 14.3 Å². The smallest absolute Gasteiger partial charge is 0.285 e. The Bertz CT molecular complexity index is 1540. The first-order valence-electron chi connectivity index (χ1n) is 11.3. The Kier molecular flexibility index (Phi) is 6.19. The molecule has 184 valence electrons. The molecule has 7 nitrogen and oxygen atoms in total. The largest absolute Gasteiger partial charge is 0.378 e. The summed E-state index contributed by atoms with van der Waals surface area (Å²) in [5.41, 5.74) is 2.72. The van der Waals surface area contributed by atoms with Crippen LogP contribution in [-0.2, 0) is 14.4 Å². The molecule has 0 spiro atoms. The van der Waals surface area contributed by atoms with Crippen molar-refractivity contribution < 1.29 is 18.8 Å². The van der Waals surface area contributed by atoms with E-state index in [0.717, 1.165) is 28.3 Å². The first-order valence-corrected chi connectivity index (χ1v) is 11.6. The van der Waals surface area contributed by atoms with E-state index in [4.69, 9.17) is 11.6 Å². The number of carbonyl (C=O) groups excluding carboxylic acids is 3. The summed E-state index contributed by atoms with van der Waals surface area (Å²) in [6.45, 7) is 0. The molecule has 3 aromatic rings. The van der Waals surface area contributed by atoms with Crippen LogP contribution in [0, 0.1) is 5.82 Å². The standard InChI is InChI=1S/C28H20ClFN4O3/c1-33(2)18-10-8-16(9-11-18)12-24-28(37)34(26(31-24)17-6-4-3-5-7-17)25(35)14-20-19-13-22(30)21(29)15-23(19)32-27(20)36/h3-15H,1-2H3,(H,32,36). The molecule has 0 bridgehead atoms. The van der Waals surface area contributed by atoms with Crippen molar-refractivity contribution in [1.29, 1.82) is 0 Å². The summed E-state index contributed by atoms with van der Waals surface area (Å²) in [6.07, 6.45) is 2.61. The van der Waals surface area contributed by atoms with Gasteiger partial charge in [0.05, 0.1) is 16.3 Å². The van der Waals surface area contributed by atoms with Gasteiger partial charge in [-0.2, -0.15) is 0 Å². The van der Waals surface area contributed by atoms with Gasteiger partial charge in [0.2, 0.25) is 0 Å². The SMILES string of the molecule is CN(C)c1ccc(C=C2N=C(c3ccccc3)N(C(=O)C=C3C(=O)Nc4cc(Cl)c(F)cc43)C2=O)cc1. The number of rotatable bonds is 4. The van der Waals surface area contributed by atoms with Crippen molar-refractivity contribution in [3.63, 3.8) is 0 Å². The van der Waals surface area contributed by atoms with E-state index in [1.165, 1.54) is 6.07 Å². The number of halogens is 2. The van der Waals surface area contributed by atoms with E-state index >= 15 is 0 Å². The highest BCUT2D eigenvalue weighted by molar-refractivity contribution is 6.38. The number of nitrogens with one attached hydrogen (secondary N) is 1. The minimum Gasteiger partial charge on any atom is -0.378 e. The zero-order valence-corrected chi connectivity index (χ0v) is 20.6. The summed E-state index contributed by atoms with van der Waals surface area (Å²) in [7, 11) is 3.85. The molecule has 0 unspecified atom stereocenters. The number of hydrogen-bond acceptors (Lipinski definition) is 5. The summed E-state index contributed by atoms with van der Waals surface area (Å²) in [5, 5.41) is 2.40. The third kappa shape index (κ3) is 4.54. The van der Waals surface area contributed by atoms with Crippen LogP contribution >= 0.6 is 11.6 Å². The average molecular weight is 515 g/mol. The molecule has 5 rings (SSSR count). The molecular weight excluding hydrogens is 495 g/mol. The van der Waals surface area contributed by atoms with Crippen LogP contribution in [0.25, 0.3) is 11.6 Å². The van der Waals surface area contributed by atoms with Crippen molar-refractivity contribution in [3.8, 4) is 0 Å². The fourth-order valence-electron chi connectivity index (χ4n) is 4.04. The maximum absolute atomic E-state index is 14.1. The van der Waals surface area contributed by atoms with Crippen LogP contribution in [0.1, 0.15) is 16.7 Å². The van der Waals surface area contributed by atoms with Gasteiger partial charge in [-0.3, -0.25) is 14.4 Å². The fraction of sp³-hybridized carbons (Fsp3) is 0.0714. The number of carbonyl (C=O) groups is 3. The molecular formula is C28H20ClFN4O3. The Hall–Kier alpha value is -4.56. The number of imide groups is 1. The lowest BCUT2D eigenvalue weighted by atomic mass is 10.1. The van der Waals surface area contributed by atoms with Gasteiger partial charge in [0.15, 0.2) is 5.84 Å². The minimum absolute atomic E-state index is 0.0669. The zero-order chi connectivity index (χ0) is 26.3. The van der Waals surface area contributed by atoms with E-state index < -0.39 is 23.5 Å². The van der Waals surface area contributed by atoms with Gasteiger partial charge in [0.1, 0.15) is 11.5 Å². The second-order valence-electron chi connectivity index (χ2n) is 8.62. The van der Waals surface area contributed by atoms with Gasteiger partial charge < -0.3 is 10.2 Å². The zero-order valence-electron chi connectivity index (χ0n) is 19.8. The van der Waals surface area contributed by atoms with Crippen LogP contribution in [0.2, 0.25) is 5.02 Å². The third-order valence-corrected chi connectivity index (χ3v) is 6.23. The maximum atomic E-state index is 14.1. The maximum Gasteiger partial charge on any atom is 0.285 e. The lowest BCUT2D eigenvalue weighted by Crippen LogP contribution is -2.37. The molecule has 0 radical (unpaired) electrons. The lowest BCUT2D eigenvalue weighted by molar-refractivity contribution is -0.133. The summed E-state index contributed by atoms with van der Waals surface area (Å²) in [6, 6.07) is 18.6. The van der Waals surface area contributed by atoms with E-state index in [1.807, 2.05) is 43.3 Å². The molecule has 0 aromatic heterocycles. The van der Waals surface area contributed by atoms with Gasteiger partial charge in [0, 0.05) is 37.0 Å². The van der Waals surface area contributed by atoms with E-state index in [9.17, 15) is 18.8 Å². The Morgan fingerprint density at radius 3 is 2.43 bits per heavy atom. The Morgan fingerprint density at radius 2 is 1.76 bits per heavy atom. The van der Waals surface area contributed by atoms with Gasteiger partial charge in [-0.15, -0.1) is 0 Å². The number of anilines is 2. The van der Waals surface area contributed by atoms with Crippen LogP contribution in [-0.4, -0.2) is 42.6 Å². The molecule has 0 saturated heterocycles. The number of aliphatic imine (C=N–C) groups is 1. The normalized spacial score (nSPS) is 16.8. The number of fused-ring (bicyclic) bond motifs is 1. The second-order valence-corrected chi connectivity index (χ2v) is 9.03. The highest BCUT2D eigenvalue weighted by Gasteiger charge is 2.36. The molecule has 3 aromatic carbocycles. The second kappa shape index (κ2) is 9.48. The fourth-order valence-corrected chi connectivity index (χ4v) is 4.21. The van der Waals surface area contributed by atoms with Crippen molar-refractivity contribution in [2.45, 2.75) is 0 Å². The molecule has 3 amide bonds. The predicted molar refractivity (Wildman–Crippen MR) is 142 cm³/mol. The molecule has 0 atom stereocenters. The number of amidine groups is 1. The molecule has 0 aliphatic carbocycles. The Balaban J connectivity index is 1.54. The average Bonchev–Trinajstić information content (AvgIpc) is 3.36. The first-order chi connectivity index (χ1) is 17.7. The number of hydrogen-bond donors (Lipinski definition) is 1. The summed E-state index contributed by atoms with van der Waals surface area (Å²) in [4.78, 5) is 46.8. The van der Waals surface area contributed by atoms with E-state index in [1.54, 1.807) is 36.4 Å². The monoisotopic (exact) mass is 514 g/mol. The summed E-state index contributed by atoms with van der Waals surface area (Å²) in [5.74, 6) is -2.63. The highest BCUT2D eigenvalue weighted by atomic mass is 35.5. The Labute approximate surface area is 217 Å². The van der Waals surface area contributed by atoms with Gasteiger partial charge >= 0.3 is 0 Å². The van der Waals surface area contributed by atoms with Crippen molar-refractivity contribution in [1.82, 2.24) is 4.90 Å². The topological polar surface area (TPSA) is 82.1 Å². The molecule has 2 aliphatic heterocycles. The number of nitrogens with zero attached hydrogens (tertiary/aromatic N) is 3. The minimum atomic E-state index is -0.785. The van der Waals surface area contributed by atoms with Gasteiger partial charge in [-0.1, -0.05) is 54.1 Å². The number of benzene rings is 3. The predicted octanol–water partition coefficient (Wildman–Crippen LogP) is 4.74. The van der Waals surface area contributed by atoms with Crippen LogP contribution in [0.3, 0.4) is 0 Å². The quantitative estimate of drug-likeness (QED) is 0.510. The van der Waals surface area contributed by atoms with E-state index in [2.05, 4.69) is 10.3 Å². The van der Waals surface area contributed by atoms with Crippen LogP contribution in [0.4, 0.5) is 15.8 Å². The molecule has 0 saturated carbocycles. The molecule has 9 heteroatoms. The van der Waals surface area contributed by atoms with E-state index in [0.29, 0.717) is 5.56 Å². The Morgan fingerprint density at radius 1 is 1.05 bits per heavy atom. The molecule has 2 aliphatic rings. The lowest BCUT2D eigenvalue weighted by Gasteiger charge is -2.15. The summed E-state index contributed by atoms with van der Waals surface area (Å²) < 4.78 is 14.1. The van der Waals surface area contributed by atoms with Crippen molar-refractivity contribution in [3.05, 3.63) is 106 Å². The van der Waals surface area contributed by atoms with Crippen molar-refractivity contribution in [2.24, 2.45) is 4.99 Å². The van der Waals surface area contributed by atoms with Crippen molar-refractivity contribution in [2.75, 3.05) is 24.3 Å². The first kappa shape index (κ1) is 24.1. The summed E-state index contributed by atoms with van der Waals surface area (Å²) >= 11 is 5.82. The van der Waals surface area contributed by atoms with Crippen LogP contribution in [0.15, 0.2) is 83.5 Å². The highest BCUT2D eigenvalue weighted by Crippen LogP contribution is 2.35. The van der Waals surface area contributed by atoms with Crippen LogP contribution in [0.5, 0.6) is 0 Å². The number of amides is 3. The van der Waals surface area contributed by atoms with Crippen molar-refractivity contribution >= 4 is 58.2 Å². The molecule has 0 fully saturated rings. The van der Waals surface area contributed by atoms with Gasteiger partial charge in [0.25, 0.3) is 17.7 Å². The van der Waals surface area contributed by atoms with Crippen LogP contribution < -0.4 is 10.2 Å². The van der Waals surface area contributed by atoms with E-state index in [-0.39, 0.29) is 33.4 Å². The third-order valence-electron chi connectivity index (χ3n) is 5.94. The molecule has 1 N–H and O–H groups in total. The molecule has 37 heavy (non-hydrogen) atoms.